The second-order valence-electron chi connectivity index (χ2n) is 7.84. The SMILES string of the molecule is O=C1C(=O)N(Cc2ccc(F)cc2)C(c2cccs2)/C1=C(/O)c1ccc2c(c1)CCCO2. The lowest BCUT2D eigenvalue weighted by atomic mass is 9.97. The molecule has 7 heteroatoms. The molecule has 1 unspecified atom stereocenters. The zero-order chi connectivity index (χ0) is 22.2. The Kier molecular flexibility index (Phi) is 5.27. The number of fused-ring (bicyclic) bond motifs is 1. The number of hydrogen-bond acceptors (Lipinski definition) is 5. The molecule has 0 saturated carbocycles. The Morgan fingerprint density at radius 3 is 2.72 bits per heavy atom. The second kappa shape index (κ2) is 8.24. The van der Waals surface area contributed by atoms with Gasteiger partial charge in [0.05, 0.1) is 18.2 Å². The number of ether oxygens (including phenoxy) is 1. The van der Waals surface area contributed by atoms with Crippen LogP contribution in [0.25, 0.3) is 5.76 Å². The number of Topliss-reactive ketones (excluding diaryl/α,β-unsaturated/α-hetero) is 1. The van der Waals surface area contributed by atoms with E-state index < -0.39 is 17.7 Å². The molecule has 2 aliphatic heterocycles. The molecular formula is C25H20FNO4S. The summed E-state index contributed by atoms with van der Waals surface area (Å²) in [6.45, 7) is 0.785. The number of halogens is 1. The predicted octanol–water partition coefficient (Wildman–Crippen LogP) is 4.83. The Morgan fingerprint density at radius 1 is 1.16 bits per heavy atom. The number of rotatable bonds is 4. The molecule has 1 atom stereocenters. The topological polar surface area (TPSA) is 66.8 Å². The van der Waals surface area contributed by atoms with Crippen molar-refractivity contribution >= 4 is 28.8 Å². The van der Waals surface area contributed by atoms with Gasteiger partial charge in [0, 0.05) is 17.0 Å². The van der Waals surface area contributed by atoms with Gasteiger partial charge in [-0.3, -0.25) is 9.59 Å². The van der Waals surface area contributed by atoms with Crippen molar-refractivity contribution in [3.8, 4) is 5.75 Å². The number of amides is 1. The van der Waals surface area contributed by atoms with Crippen molar-refractivity contribution in [2.24, 2.45) is 0 Å². The third-order valence-corrected chi connectivity index (χ3v) is 6.73. The van der Waals surface area contributed by atoms with Crippen LogP contribution in [0.5, 0.6) is 5.75 Å². The third-order valence-electron chi connectivity index (χ3n) is 5.80. The number of aliphatic hydroxyl groups is 1. The van der Waals surface area contributed by atoms with E-state index in [0.29, 0.717) is 17.7 Å². The smallest absolute Gasteiger partial charge is 0.295 e. The number of benzene rings is 2. The molecule has 162 valence electrons. The molecule has 0 aliphatic carbocycles. The summed E-state index contributed by atoms with van der Waals surface area (Å²) in [5.41, 5.74) is 2.21. The summed E-state index contributed by atoms with van der Waals surface area (Å²) < 4.78 is 19.0. The van der Waals surface area contributed by atoms with E-state index in [1.54, 1.807) is 24.3 Å². The van der Waals surface area contributed by atoms with Crippen LogP contribution < -0.4 is 4.74 Å². The highest BCUT2D eigenvalue weighted by molar-refractivity contribution is 7.10. The highest BCUT2D eigenvalue weighted by Crippen LogP contribution is 2.42. The zero-order valence-corrected chi connectivity index (χ0v) is 17.9. The molecule has 3 aromatic rings. The number of nitrogens with zero attached hydrogens (tertiary/aromatic N) is 1. The van der Waals surface area contributed by atoms with Crippen molar-refractivity contribution in [2.75, 3.05) is 6.61 Å². The van der Waals surface area contributed by atoms with Crippen LogP contribution >= 0.6 is 11.3 Å². The summed E-state index contributed by atoms with van der Waals surface area (Å²) >= 11 is 1.41. The monoisotopic (exact) mass is 449 g/mol. The molecule has 5 nitrogen and oxygen atoms in total. The zero-order valence-electron chi connectivity index (χ0n) is 17.1. The van der Waals surface area contributed by atoms with Crippen molar-refractivity contribution in [3.63, 3.8) is 0 Å². The van der Waals surface area contributed by atoms with E-state index in [2.05, 4.69) is 0 Å². The van der Waals surface area contributed by atoms with E-state index in [1.165, 1.54) is 28.4 Å². The van der Waals surface area contributed by atoms with Gasteiger partial charge in [-0.15, -0.1) is 11.3 Å². The van der Waals surface area contributed by atoms with Crippen LogP contribution in [-0.4, -0.2) is 28.3 Å². The highest BCUT2D eigenvalue weighted by atomic mass is 32.1. The molecule has 5 rings (SSSR count). The third kappa shape index (κ3) is 3.58. The van der Waals surface area contributed by atoms with E-state index in [0.717, 1.165) is 29.0 Å². The van der Waals surface area contributed by atoms with E-state index >= 15 is 0 Å². The quantitative estimate of drug-likeness (QED) is 0.352. The normalized spacial score (nSPS) is 19.7. The molecule has 1 aromatic heterocycles. The Labute approximate surface area is 188 Å². The average Bonchev–Trinajstić information content (AvgIpc) is 3.42. The molecule has 1 N–H and O–H groups in total. The van der Waals surface area contributed by atoms with Gasteiger partial charge in [0.1, 0.15) is 17.3 Å². The fourth-order valence-electron chi connectivity index (χ4n) is 4.24. The van der Waals surface area contributed by atoms with Gasteiger partial charge in [0.15, 0.2) is 0 Å². The first-order valence-corrected chi connectivity index (χ1v) is 11.2. The predicted molar refractivity (Wildman–Crippen MR) is 119 cm³/mol. The van der Waals surface area contributed by atoms with Gasteiger partial charge in [-0.1, -0.05) is 18.2 Å². The van der Waals surface area contributed by atoms with Crippen molar-refractivity contribution in [1.29, 1.82) is 0 Å². The van der Waals surface area contributed by atoms with E-state index in [9.17, 15) is 19.1 Å². The number of carbonyl (C=O) groups is 2. The summed E-state index contributed by atoms with van der Waals surface area (Å²) in [6, 6.07) is 14.1. The molecular weight excluding hydrogens is 429 g/mol. The number of thiophene rings is 1. The van der Waals surface area contributed by atoms with Crippen molar-refractivity contribution < 1.29 is 23.8 Å². The molecule has 1 saturated heterocycles. The lowest BCUT2D eigenvalue weighted by molar-refractivity contribution is -0.140. The summed E-state index contributed by atoms with van der Waals surface area (Å²) in [7, 11) is 0. The molecule has 2 aromatic carbocycles. The van der Waals surface area contributed by atoms with Crippen LogP contribution in [0.3, 0.4) is 0 Å². The minimum absolute atomic E-state index is 0.0660. The molecule has 3 heterocycles. The van der Waals surface area contributed by atoms with Crippen LogP contribution in [-0.2, 0) is 22.6 Å². The van der Waals surface area contributed by atoms with Crippen LogP contribution in [0, 0.1) is 5.82 Å². The molecule has 32 heavy (non-hydrogen) atoms. The maximum absolute atomic E-state index is 13.3. The minimum atomic E-state index is -0.725. The number of likely N-dealkylation sites (tertiary alicyclic amines) is 1. The number of aliphatic hydroxyl groups excluding tert-OH is 1. The van der Waals surface area contributed by atoms with E-state index in [-0.39, 0.29) is 23.7 Å². The lowest BCUT2D eigenvalue weighted by Gasteiger charge is -2.24. The first-order valence-electron chi connectivity index (χ1n) is 10.4. The summed E-state index contributed by atoms with van der Waals surface area (Å²) in [4.78, 5) is 28.3. The van der Waals surface area contributed by atoms with Crippen molar-refractivity contribution in [1.82, 2.24) is 4.90 Å². The maximum Gasteiger partial charge on any atom is 0.295 e. The van der Waals surface area contributed by atoms with Gasteiger partial charge in [0.2, 0.25) is 0 Å². The number of aryl methyl sites for hydroxylation is 1. The fraction of sp³-hybridized carbons (Fsp3) is 0.200. The van der Waals surface area contributed by atoms with E-state index in [4.69, 9.17) is 4.74 Å². The van der Waals surface area contributed by atoms with Crippen LogP contribution in [0.15, 0.2) is 65.6 Å². The van der Waals surface area contributed by atoms with Gasteiger partial charge in [-0.05, 0) is 65.7 Å². The average molecular weight is 450 g/mol. The molecule has 2 aliphatic rings. The van der Waals surface area contributed by atoms with Gasteiger partial charge in [0.25, 0.3) is 11.7 Å². The minimum Gasteiger partial charge on any atom is -0.507 e. The number of hydrogen-bond donors (Lipinski definition) is 1. The summed E-state index contributed by atoms with van der Waals surface area (Å²) in [5, 5.41) is 13.1. The van der Waals surface area contributed by atoms with Gasteiger partial charge < -0.3 is 14.7 Å². The first kappa shape index (κ1) is 20.5. The van der Waals surface area contributed by atoms with Crippen LogP contribution in [0.2, 0.25) is 0 Å². The molecule has 0 spiro atoms. The second-order valence-corrected chi connectivity index (χ2v) is 8.82. The molecule has 0 bridgehead atoms. The molecule has 1 amide bonds. The Bertz CT molecular complexity index is 1220. The Hall–Kier alpha value is -3.45. The van der Waals surface area contributed by atoms with Gasteiger partial charge in [-0.25, -0.2) is 4.39 Å². The summed E-state index contributed by atoms with van der Waals surface area (Å²) in [6.07, 6.45) is 1.71. The van der Waals surface area contributed by atoms with E-state index in [1.807, 2.05) is 23.6 Å². The highest BCUT2D eigenvalue weighted by Gasteiger charge is 2.46. The fourth-order valence-corrected chi connectivity index (χ4v) is 5.08. The largest absolute Gasteiger partial charge is 0.507 e. The lowest BCUT2D eigenvalue weighted by Crippen LogP contribution is -2.28. The van der Waals surface area contributed by atoms with Crippen molar-refractivity contribution in [3.05, 3.63) is 92.9 Å². The molecule has 0 radical (unpaired) electrons. The maximum atomic E-state index is 13.3. The number of ketones is 1. The Balaban J connectivity index is 1.59. The van der Waals surface area contributed by atoms with Crippen molar-refractivity contribution in [2.45, 2.75) is 25.4 Å². The van der Waals surface area contributed by atoms with Gasteiger partial charge in [-0.2, -0.15) is 0 Å². The Morgan fingerprint density at radius 2 is 1.97 bits per heavy atom. The standard InChI is InChI=1S/C25H20FNO4S/c26-18-8-5-15(6-9-18)14-27-22(20-4-2-12-32-20)21(24(29)25(27)30)23(28)17-7-10-19-16(13-17)3-1-11-31-19/h2,4-10,12-13,22,28H,1,3,11,14H2/b23-21-. The van der Waals surface area contributed by atoms with Gasteiger partial charge >= 0.3 is 0 Å². The molecule has 1 fully saturated rings. The summed E-state index contributed by atoms with van der Waals surface area (Å²) in [5.74, 6) is -1.20. The van der Waals surface area contributed by atoms with Crippen LogP contribution in [0.1, 0.15) is 34.0 Å². The first-order chi connectivity index (χ1) is 15.5. The number of carbonyl (C=O) groups excluding carboxylic acids is 2. The van der Waals surface area contributed by atoms with Crippen LogP contribution in [0.4, 0.5) is 4.39 Å².